The molecule has 2 aromatic carbocycles. The number of ketones is 1. The third kappa shape index (κ3) is 3.92. The zero-order valence-electron chi connectivity index (χ0n) is 10.4. The second-order valence-electron chi connectivity index (χ2n) is 4.15. The number of hydrogen-bond acceptors (Lipinski definition) is 2. The van der Waals surface area contributed by atoms with E-state index in [2.05, 4.69) is 0 Å². The zero-order chi connectivity index (χ0) is 15.6. The predicted octanol–water partition coefficient (Wildman–Crippen LogP) is 6.08. The quantitative estimate of drug-likeness (QED) is 0.408. The average molecular weight is 362 g/mol. The minimum atomic E-state index is -0.405. The molecule has 0 aliphatic heterocycles. The summed E-state index contributed by atoms with van der Waals surface area (Å²) in [5.41, 5.74) is 0.703. The second kappa shape index (κ2) is 6.71. The molecule has 0 bridgehead atoms. The minimum absolute atomic E-state index is 0.218. The lowest BCUT2D eigenvalue weighted by molar-refractivity contribution is 0.104. The molecule has 0 radical (unpaired) electrons. The van der Waals surface area contributed by atoms with E-state index in [4.69, 9.17) is 46.4 Å². The fourth-order valence-electron chi connectivity index (χ4n) is 1.60. The molecule has 0 heterocycles. The van der Waals surface area contributed by atoms with Crippen LogP contribution in [0.2, 0.25) is 20.1 Å². The number of carbonyl (C=O) groups is 1. The van der Waals surface area contributed by atoms with Crippen molar-refractivity contribution in [2.75, 3.05) is 0 Å². The van der Waals surface area contributed by atoms with Crippen LogP contribution < -0.4 is 0 Å². The molecule has 0 amide bonds. The van der Waals surface area contributed by atoms with Gasteiger partial charge in [-0.25, -0.2) is 0 Å². The van der Waals surface area contributed by atoms with Gasteiger partial charge >= 0.3 is 0 Å². The highest BCUT2D eigenvalue weighted by molar-refractivity contribution is 6.42. The van der Waals surface area contributed by atoms with Gasteiger partial charge in [0.2, 0.25) is 0 Å². The van der Waals surface area contributed by atoms with E-state index < -0.39 is 5.78 Å². The maximum absolute atomic E-state index is 12.0. The van der Waals surface area contributed by atoms with E-state index in [1.807, 2.05) is 0 Å². The first kappa shape index (κ1) is 16.2. The van der Waals surface area contributed by atoms with Crippen molar-refractivity contribution in [1.29, 1.82) is 0 Å². The number of benzene rings is 2. The SMILES string of the molecule is O=C(C=C(O)c1ccc(Cl)c(Cl)c1)c1ccc(Cl)c(Cl)c1. The molecule has 0 atom stereocenters. The molecule has 0 aliphatic rings. The Kier molecular flexibility index (Phi) is 5.17. The maximum Gasteiger partial charge on any atom is 0.189 e. The van der Waals surface area contributed by atoms with Gasteiger partial charge in [-0.1, -0.05) is 46.4 Å². The summed E-state index contributed by atoms with van der Waals surface area (Å²) in [5, 5.41) is 11.2. The predicted molar refractivity (Wildman–Crippen MR) is 87.9 cm³/mol. The van der Waals surface area contributed by atoms with Crippen molar-refractivity contribution >= 4 is 57.9 Å². The molecule has 21 heavy (non-hydrogen) atoms. The number of carbonyl (C=O) groups excluding carboxylic acids is 1. The van der Waals surface area contributed by atoms with Gasteiger partial charge in [0.1, 0.15) is 5.76 Å². The summed E-state index contributed by atoms with van der Waals surface area (Å²) in [6.07, 6.45) is 1.08. The van der Waals surface area contributed by atoms with Gasteiger partial charge in [0.05, 0.1) is 20.1 Å². The molecule has 0 saturated heterocycles. The average Bonchev–Trinajstić information content (AvgIpc) is 2.44. The van der Waals surface area contributed by atoms with Gasteiger partial charge in [0.25, 0.3) is 0 Å². The van der Waals surface area contributed by atoms with Crippen molar-refractivity contribution in [3.8, 4) is 0 Å². The summed E-state index contributed by atoms with van der Waals surface area (Å²) < 4.78 is 0. The van der Waals surface area contributed by atoms with E-state index >= 15 is 0 Å². The first-order chi connectivity index (χ1) is 9.88. The molecular weight excluding hydrogens is 354 g/mol. The standard InChI is InChI=1S/C15H8Cl4O2/c16-10-3-1-8(5-12(10)18)14(20)7-15(21)9-2-4-11(17)13(19)6-9/h1-7,20H. The smallest absolute Gasteiger partial charge is 0.189 e. The fourth-order valence-corrected chi connectivity index (χ4v) is 2.19. The third-order valence-corrected chi connectivity index (χ3v) is 4.17. The fraction of sp³-hybridized carbons (Fsp3) is 0. The van der Waals surface area contributed by atoms with Crippen LogP contribution in [0.5, 0.6) is 0 Å². The van der Waals surface area contributed by atoms with Gasteiger partial charge in [0.15, 0.2) is 5.78 Å². The molecule has 0 aromatic heterocycles. The minimum Gasteiger partial charge on any atom is -0.507 e. The molecule has 2 nitrogen and oxygen atoms in total. The Hall–Kier alpha value is -1.19. The molecular formula is C15H8Cl4O2. The van der Waals surface area contributed by atoms with Crippen molar-refractivity contribution in [2.45, 2.75) is 0 Å². The van der Waals surface area contributed by atoms with Crippen LogP contribution in [-0.4, -0.2) is 10.9 Å². The lowest BCUT2D eigenvalue weighted by Gasteiger charge is -2.03. The summed E-state index contributed by atoms with van der Waals surface area (Å²) >= 11 is 23.3. The van der Waals surface area contributed by atoms with Crippen LogP contribution in [0, 0.1) is 0 Å². The van der Waals surface area contributed by atoms with E-state index in [1.54, 1.807) is 6.07 Å². The summed E-state index contributed by atoms with van der Waals surface area (Å²) in [6.45, 7) is 0. The molecule has 0 saturated carbocycles. The number of aliphatic hydroxyl groups is 1. The normalized spacial score (nSPS) is 11.5. The summed E-state index contributed by atoms with van der Waals surface area (Å²) in [4.78, 5) is 12.0. The van der Waals surface area contributed by atoms with Crippen molar-refractivity contribution in [1.82, 2.24) is 0 Å². The summed E-state index contributed by atoms with van der Waals surface area (Å²) in [5.74, 6) is -0.623. The highest BCUT2D eigenvalue weighted by Gasteiger charge is 2.09. The third-order valence-electron chi connectivity index (χ3n) is 2.69. The lowest BCUT2D eigenvalue weighted by Crippen LogP contribution is -1.96. The number of allylic oxidation sites excluding steroid dienone is 1. The van der Waals surface area contributed by atoms with Crippen LogP contribution in [-0.2, 0) is 0 Å². The molecule has 0 fully saturated rings. The molecule has 0 aliphatic carbocycles. The van der Waals surface area contributed by atoms with E-state index in [0.717, 1.165) is 6.08 Å². The Morgan fingerprint density at radius 1 is 0.810 bits per heavy atom. The number of halogens is 4. The van der Waals surface area contributed by atoms with Gasteiger partial charge in [-0.3, -0.25) is 4.79 Å². The number of aliphatic hydroxyl groups excluding tert-OH is 1. The van der Waals surface area contributed by atoms with Gasteiger partial charge < -0.3 is 5.11 Å². The summed E-state index contributed by atoms with van der Waals surface area (Å²) in [6, 6.07) is 9.04. The topological polar surface area (TPSA) is 37.3 Å². The zero-order valence-corrected chi connectivity index (χ0v) is 13.4. The van der Waals surface area contributed by atoms with Crippen LogP contribution in [0.15, 0.2) is 42.5 Å². The van der Waals surface area contributed by atoms with E-state index in [-0.39, 0.29) is 15.8 Å². The van der Waals surface area contributed by atoms with E-state index in [0.29, 0.717) is 21.2 Å². The van der Waals surface area contributed by atoms with Gasteiger partial charge in [-0.05, 0) is 36.4 Å². The van der Waals surface area contributed by atoms with Crippen molar-refractivity contribution in [3.05, 3.63) is 73.7 Å². The number of rotatable bonds is 3. The van der Waals surface area contributed by atoms with Crippen LogP contribution in [0.1, 0.15) is 15.9 Å². The molecule has 1 N–H and O–H groups in total. The second-order valence-corrected chi connectivity index (χ2v) is 5.78. The van der Waals surface area contributed by atoms with Gasteiger partial charge in [0, 0.05) is 17.2 Å². The maximum atomic E-state index is 12.0. The van der Waals surface area contributed by atoms with Crippen molar-refractivity contribution < 1.29 is 9.90 Å². The van der Waals surface area contributed by atoms with Crippen LogP contribution in [0.4, 0.5) is 0 Å². The van der Waals surface area contributed by atoms with Crippen LogP contribution >= 0.6 is 46.4 Å². The van der Waals surface area contributed by atoms with Crippen LogP contribution in [0.3, 0.4) is 0 Å². The Morgan fingerprint density at radius 3 is 1.81 bits per heavy atom. The largest absolute Gasteiger partial charge is 0.507 e. The van der Waals surface area contributed by atoms with Crippen molar-refractivity contribution in [3.63, 3.8) is 0 Å². The van der Waals surface area contributed by atoms with Crippen molar-refractivity contribution in [2.24, 2.45) is 0 Å². The molecule has 2 aromatic rings. The summed E-state index contributed by atoms with van der Waals surface area (Å²) in [7, 11) is 0. The Balaban J connectivity index is 2.30. The lowest BCUT2D eigenvalue weighted by atomic mass is 10.1. The molecule has 0 spiro atoms. The monoisotopic (exact) mass is 360 g/mol. The Bertz CT molecular complexity index is 738. The first-order valence-electron chi connectivity index (χ1n) is 5.74. The van der Waals surface area contributed by atoms with Gasteiger partial charge in [-0.2, -0.15) is 0 Å². The van der Waals surface area contributed by atoms with Crippen LogP contribution in [0.25, 0.3) is 5.76 Å². The Morgan fingerprint density at radius 2 is 1.29 bits per heavy atom. The van der Waals surface area contributed by atoms with Gasteiger partial charge in [-0.15, -0.1) is 0 Å². The van der Waals surface area contributed by atoms with E-state index in [9.17, 15) is 9.90 Å². The number of hydrogen-bond donors (Lipinski definition) is 1. The Labute approximate surface area is 141 Å². The highest BCUT2D eigenvalue weighted by Crippen LogP contribution is 2.26. The molecule has 0 unspecified atom stereocenters. The molecule has 108 valence electrons. The van der Waals surface area contributed by atoms with E-state index in [1.165, 1.54) is 30.3 Å². The molecule has 6 heteroatoms. The highest BCUT2D eigenvalue weighted by atomic mass is 35.5. The molecule has 2 rings (SSSR count). The first-order valence-corrected chi connectivity index (χ1v) is 7.25.